The molecular weight excluding hydrogens is 301 g/mol. The van der Waals surface area contributed by atoms with E-state index in [1.165, 1.54) is 23.9 Å². The first-order chi connectivity index (χ1) is 10.6. The minimum atomic E-state index is -0.586. The average Bonchev–Trinajstić information content (AvgIpc) is 2.83. The Bertz CT molecular complexity index is 675. The highest BCUT2D eigenvalue weighted by atomic mass is 32.2. The molecule has 22 heavy (non-hydrogen) atoms. The predicted octanol–water partition coefficient (Wildman–Crippen LogP) is 2.69. The van der Waals surface area contributed by atoms with Gasteiger partial charge in [-0.3, -0.25) is 4.79 Å². The van der Waals surface area contributed by atoms with Crippen LogP contribution in [-0.2, 0) is 11.2 Å². The van der Waals surface area contributed by atoms with E-state index in [0.717, 1.165) is 16.0 Å². The van der Waals surface area contributed by atoms with Crippen LogP contribution in [0.1, 0.15) is 17.2 Å². The summed E-state index contributed by atoms with van der Waals surface area (Å²) < 4.78 is 12.8. The third-order valence-corrected chi connectivity index (χ3v) is 4.72. The van der Waals surface area contributed by atoms with Crippen LogP contribution < -0.4 is 5.32 Å². The summed E-state index contributed by atoms with van der Waals surface area (Å²) in [6.45, 7) is 0. The van der Waals surface area contributed by atoms with Gasteiger partial charge in [-0.1, -0.05) is 24.3 Å². The Kier molecular flexibility index (Phi) is 4.45. The molecule has 0 heterocycles. The molecule has 2 atom stereocenters. The molecule has 0 radical (unpaired) electrons. The Morgan fingerprint density at radius 2 is 1.95 bits per heavy atom. The monoisotopic (exact) mass is 317 g/mol. The Morgan fingerprint density at radius 3 is 2.73 bits per heavy atom. The number of aliphatic hydroxyl groups is 1. The number of nitrogens with one attached hydrogen (secondary N) is 1. The van der Waals surface area contributed by atoms with Crippen LogP contribution in [0.25, 0.3) is 0 Å². The van der Waals surface area contributed by atoms with Crippen molar-refractivity contribution in [1.29, 1.82) is 0 Å². The molecule has 1 aliphatic rings. The summed E-state index contributed by atoms with van der Waals surface area (Å²) in [6, 6.07) is 13.4. The number of amides is 1. The van der Waals surface area contributed by atoms with Crippen LogP contribution in [0, 0.1) is 5.82 Å². The van der Waals surface area contributed by atoms with Crippen molar-refractivity contribution in [2.24, 2.45) is 0 Å². The number of rotatable bonds is 4. The molecule has 2 aromatic rings. The van der Waals surface area contributed by atoms with Gasteiger partial charge in [-0.25, -0.2) is 4.39 Å². The van der Waals surface area contributed by atoms with Crippen LogP contribution in [0.4, 0.5) is 4.39 Å². The summed E-state index contributed by atoms with van der Waals surface area (Å²) in [5.74, 6) is -0.202. The fourth-order valence-electron chi connectivity index (χ4n) is 2.64. The smallest absolute Gasteiger partial charge is 0.230 e. The van der Waals surface area contributed by atoms with E-state index >= 15 is 0 Å². The molecule has 0 saturated carbocycles. The molecule has 0 aromatic heterocycles. The molecule has 2 N–H and O–H groups in total. The summed E-state index contributed by atoms with van der Waals surface area (Å²) in [4.78, 5) is 12.9. The van der Waals surface area contributed by atoms with Gasteiger partial charge in [0.05, 0.1) is 17.9 Å². The van der Waals surface area contributed by atoms with Crippen LogP contribution >= 0.6 is 11.8 Å². The Hall–Kier alpha value is -1.85. The maximum atomic E-state index is 12.8. The van der Waals surface area contributed by atoms with Gasteiger partial charge < -0.3 is 10.4 Å². The Balaban J connectivity index is 1.59. The molecule has 2 aromatic carbocycles. The summed E-state index contributed by atoms with van der Waals surface area (Å²) in [6.07, 6.45) is -0.0242. The third-order valence-electron chi connectivity index (χ3n) is 3.70. The van der Waals surface area contributed by atoms with Gasteiger partial charge in [-0.05, 0) is 35.4 Å². The standard InChI is InChI=1S/C17H16FNO2S/c18-12-5-7-13(8-6-12)22-10-16(21)19-17-14-4-2-1-3-11(14)9-15(17)20/h1-8,15,17,20H,9-10H2,(H,19,21). The van der Waals surface area contributed by atoms with Gasteiger partial charge in [-0.2, -0.15) is 0 Å². The van der Waals surface area contributed by atoms with E-state index in [4.69, 9.17) is 0 Å². The largest absolute Gasteiger partial charge is 0.390 e. The number of carbonyl (C=O) groups excluding carboxylic acids is 1. The van der Waals surface area contributed by atoms with Crippen LogP contribution in [-0.4, -0.2) is 22.9 Å². The normalized spacial score (nSPS) is 19.7. The van der Waals surface area contributed by atoms with Crippen LogP contribution in [0.15, 0.2) is 53.4 Å². The highest BCUT2D eigenvalue weighted by molar-refractivity contribution is 8.00. The second kappa shape index (κ2) is 6.50. The third kappa shape index (κ3) is 3.31. The van der Waals surface area contributed by atoms with Crippen molar-refractivity contribution >= 4 is 17.7 Å². The lowest BCUT2D eigenvalue weighted by atomic mass is 10.1. The molecule has 1 amide bonds. The zero-order valence-electron chi connectivity index (χ0n) is 11.8. The molecular formula is C17H16FNO2S. The summed E-state index contributed by atoms with van der Waals surface area (Å²) in [5.41, 5.74) is 2.06. The molecule has 0 fully saturated rings. The van der Waals surface area contributed by atoms with Crippen molar-refractivity contribution < 1.29 is 14.3 Å². The minimum Gasteiger partial charge on any atom is -0.390 e. The fraction of sp³-hybridized carbons (Fsp3) is 0.235. The zero-order valence-corrected chi connectivity index (χ0v) is 12.6. The number of hydrogen-bond acceptors (Lipinski definition) is 3. The van der Waals surface area contributed by atoms with E-state index in [0.29, 0.717) is 6.42 Å². The molecule has 0 bridgehead atoms. The minimum absolute atomic E-state index is 0.143. The topological polar surface area (TPSA) is 49.3 Å². The van der Waals surface area contributed by atoms with Gasteiger partial charge in [0.1, 0.15) is 5.82 Å². The first-order valence-corrected chi connectivity index (χ1v) is 8.05. The first kappa shape index (κ1) is 15.1. The van der Waals surface area contributed by atoms with Gasteiger partial charge in [0.2, 0.25) is 5.91 Å². The van der Waals surface area contributed by atoms with E-state index < -0.39 is 6.10 Å². The summed E-state index contributed by atoms with van der Waals surface area (Å²) >= 11 is 1.34. The molecule has 0 saturated heterocycles. The van der Waals surface area contributed by atoms with E-state index in [1.807, 2.05) is 24.3 Å². The van der Waals surface area contributed by atoms with Crippen LogP contribution in [0.5, 0.6) is 0 Å². The van der Waals surface area contributed by atoms with E-state index in [-0.39, 0.29) is 23.5 Å². The first-order valence-electron chi connectivity index (χ1n) is 7.07. The second-order valence-corrected chi connectivity index (χ2v) is 6.31. The molecule has 0 spiro atoms. The summed E-state index contributed by atoms with van der Waals surface area (Å²) in [5, 5.41) is 13.0. The lowest BCUT2D eigenvalue weighted by molar-refractivity contribution is -0.120. The predicted molar refractivity (Wildman–Crippen MR) is 84.2 cm³/mol. The van der Waals surface area contributed by atoms with E-state index in [2.05, 4.69) is 5.32 Å². The highest BCUT2D eigenvalue weighted by Crippen LogP contribution is 2.31. The van der Waals surface area contributed by atoms with Gasteiger partial charge in [0, 0.05) is 11.3 Å². The quantitative estimate of drug-likeness (QED) is 0.853. The maximum absolute atomic E-state index is 12.8. The number of aliphatic hydroxyl groups excluding tert-OH is 1. The number of benzene rings is 2. The Labute approximate surface area is 132 Å². The van der Waals surface area contributed by atoms with E-state index in [9.17, 15) is 14.3 Å². The average molecular weight is 317 g/mol. The number of halogens is 1. The van der Waals surface area contributed by atoms with Crippen molar-refractivity contribution in [2.75, 3.05) is 5.75 Å². The maximum Gasteiger partial charge on any atom is 0.230 e. The highest BCUT2D eigenvalue weighted by Gasteiger charge is 2.31. The number of hydrogen-bond donors (Lipinski definition) is 2. The van der Waals surface area contributed by atoms with Gasteiger partial charge in [0.15, 0.2) is 0 Å². The van der Waals surface area contributed by atoms with Crippen molar-refractivity contribution in [2.45, 2.75) is 23.5 Å². The fourth-order valence-corrected chi connectivity index (χ4v) is 3.35. The summed E-state index contributed by atoms with van der Waals surface area (Å²) in [7, 11) is 0. The van der Waals surface area contributed by atoms with Crippen molar-refractivity contribution in [3.05, 3.63) is 65.5 Å². The zero-order chi connectivity index (χ0) is 15.5. The van der Waals surface area contributed by atoms with Crippen molar-refractivity contribution in [1.82, 2.24) is 5.32 Å². The lowest BCUT2D eigenvalue weighted by Gasteiger charge is -2.17. The second-order valence-electron chi connectivity index (χ2n) is 5.26. The van der Waals surface area contributed by atoms with Gasteiger partial charge in [-0.15, -0.1) is 11.8 Å². The van der Waals surface area contributed by atoms with Crippen LogP contribution in [0.2, 0.25) is 0 Å². The van der Waals surface area contributed by atoms with Gasteiger partial charge >= 0.3 is 0 Å². The molecule has 3 nitrogen and oxygen atoms in total. The van der Waals surface area contributed by atoms with E-state index in [1.54, 1.807) is 12.1 Å². The Morgan fingerprint density at radius 1 is 1.23 bits per heavy atom. The number of fused-ring (bicyclic) bond motifs is 1. The number of carbonyl (C=O) groups is 1. The number of thioether (sulfide) groups is 1. The van der Waals surface area contributed by atoms with Gasteiger partial charge in [0.25, 0.3) is 0 Å². The molecule has 1 aliphatic carbocycles. The lowest BCUT2D eigenvalue weighted by Crippen LogP contribution is -2.34. The molecule has 114 valence electrons. The molecule has 2 unspecified atom stereocenters. The molecule has 0 aliphatic heterocycles. The van der Waals surface area contributed by atoms with Crippen molar-refractivity contribution in [3.8, 4) is 0 Å². The molecule has 5 heteroatoms. The SMILES string of the molecule is O=C(CSc1ccc(F)cc1)NC1c2ccccc2CC1O. The van der Waals surface area contributed by atoms with Crippen molar-refractivity contribution in [3.63, 3.8) is 0 Å². The van der Waals surface area contributed by atoms with Crippen LogP contribution in [0.3, 0.4) is 0 Å². The molecule has 3 rings (SSSR count).